The van der Waals surface area contributed by atoms with Gasteiger partial charge in [0.15, 0.2) is 5.66 Å². The fourth-order valence-electron chi connectivity index (χ4n) is 1.51. The normalized spacial score (nSPS) is 27.4. The lowest BCUT2D eigenvalue weighted by atomic mass is 10.0. The molecule has 1 aliphatic heterocycles. The smallest absolute Gasteiger partial charge is 0.340 e. The zero-order valence-electron chi connectivity index (χ0n) is 10.1. The largest absolute Gasteiger partial charge is 0.466 e. The van der Waals surface area contributed by atoms with E-state index < -0.39 is 11.6 Å². The van der Waals surface area contributed by atoms with Crippen molar-refractivity contribution in [2.45, 2.75) is 38.3 Å². The fraction of sp³-hybridized carbons (Fsp3) is 0.818. The van der Waals surface area contributed by atoms with E-state index in [1.165, 1.54) is 0 Å². The van der Waals surface area contributed by atoms with Gasteiger partial charge in [0.25, 0.3) is 0 Å². The molecule has 1 saturated heterocycles. The second-order valence-corrected chi connectivity index (χ2v) is 4.61. The second-order valence-electron chi connectivity index (χ2n) is 4.61. The van der Waals surface area contributed by atoms with Gasteiger partial charge in [-0.2, -0.15) is 0 Å². The lowest BCUT2D eigenvalue weighted by Crippen LogP contribution is -2.57. The van der Waals surface area contributed by atoms with Gasteiger partial charge in [-0.25, -0.2) is 4.79 Å². The summed E-state index contributed by atoms with van der Waals surface area (Å²) in [6.07, 6.45) is 1.49. The van der Waals surface area contributed by atoms with Crippen molar-refractivity contribution in [2.75, 3.05) is 13.2 Å². The van der Waals surface area contributed by atoms with Crippen LogP contribution in [-0.2, 0) is 19.1 Å². The van der Waals surface area contributed by atoms with Crippen molar-refractivity contribution in [3.05, 3.63) is 0 Å². The van der Waals surface area contributed by atoms with Crippen LogP contribution in [-0.4, -0.2) is 30.8 Å². The van der Waals surface area contributed by atoms with E-state index >= 15 is 0 Å². The molecule has 1 rings (SSSR count). The highest BCUT2D eigenvalue weighted by molar-refractivity contribution is 5.79. The summed E-state index contributed by atoms with van der Waals surface area (Å²) in [5.74, 6) is -0.776. The van der Waals surface area contributed by atoms with Crippen molar-refractivity contribution in [3.63, 3.8) is 0 Å². The molecule has 6 nitrogen and oxygen atoms in total. The molecule has 0 aliphatic carbocycles. The molecule has 0 amide bonds. The standard InChI is InChI=1S/C11H20N2O4/c1-8-4-6-16-9(14)3-2-5-11(12,13)10(15)17-7-8/h8H,2-7,12-13H2,1H3. The Hall–Kier alpha value is -1.14. The molecule has 1 aliphatic rings. The summed E-state index contributed by atoms with van der Waals surface area (Å²) in [5, 5.41) is 0. The van der Waals surface area contributed by atoms with Gasteiger partial charge in [0.05, 0.1) is 13.2 Å². The van der Waals surface area contributed by atoms with E-state index in [0.29, 0.717) is 19.4 Å². The van der Waals surface area contributed by atoms with E-state index in [2.05, 4.69) is 0 Å². The third kappa shape index (κ3) is 4.70. The van der Waals surface area contributed by atoms with Gasteiger partial charge >= 0.3 is 11.9 Å². The first kappa shape index (κ1) is 13.9. The maximum Gasteiger partial charge on any atom is 0.340 e. The molecule has 0 radical (unpaired) electrons. The summed E-state index contributed by atoms with van der Waals surface area (Å²) >= 11 is 0. The lowest BCUT2D eigenvalue weighted by molar-refractivity contribution is -0.154. The molecule has 0 aromatic heterocycles. The van der Waals surface area contributed by atoms with Crippen molar-refractivity contribution >= 4 is 11.9 Å². The molecule has 1 heterocycles. The SMILES string of the molecule is CC1CCOC(=O)CCCC(N)(N)C(=O)OC1. The summed E-state index contributed by atoms with van der Waals surface area (Å²) in [7, 11) is 0. The van der Waals surface area contributed by atoms with E-state index in [4.69, 9.17) is 20.9 Å². The molecule has 98 valence electrons. The minimum Gasteiger partial charge on any atom is -0.466 e. The van der Waals surface area contributed by atoms with Crippen LogP contribution in [0.3, 0.4) is 0 Å². The predicted octanol–water partition coefficient (Wildman–Crippen LogP) is -0.103. The van der Waals surface area contributed by atoms with Crippen LogP contribution in [0.1, 0.15) is 32.6 Å². The number of carbonyl (C=O) groups is 2. The van der Waals surface area contributed by atoms with Crippen LogP contribution in [0.2, 0.25) is 0 Å². The minimum atomic E-state index is -1.51. The van der Waals surface area contributed by atoms with E-state index in [-0.39, 0.29) is 31.3 Å². The van der Waals surface area contributed by atoms with Crippen LogP contribution >= 0.6 is 0 Å². The van der Waals surface area contributed by atoms with Gasteiger partial charge in [-0.05, 0) is 25.2 Å². The first-order valence-electron chi connectivity index (χ1n) is 5.82. The Labute approximate surface area is 101 Å². The van der Waals surface area contributed by atoms with Crippen molar-refractivity contribution in [3.8, 4) is 0 Å². The Bertz CT molecular complexity index is 291. The van der Waals surface area contributed by atoms with Crippen molar-refractivity contribution in [2.24, 2.45) is 17.4 Å². The molecular formula is C11H20N2O4. The van der Waals surface area contributed by atoms with Gasteiger partial charge in [0.2, 0.25) is 0 Å². The van der Waals surface area contributed by atoms with Gasteiger partial charge < -0.3 is 20.9 Å². The monoisotopic (exact) mass is 244 g/mol. The summed E-state index contributed by atoms with van der Waals surface area (Å²) in [4.78, 5) is 22.9. The Morgan fingerprint density at radius 3 is 2.71 bits per heavy atom. The Morgan fingerprint density at radius 2 is 2.00 bits per heavy atom. The highest BCUT2D eigenvalue weighted by Crippen LogP contribution is 2.12. The molecule has 0 spiro atoms. The summed E-state index contributed by atoms with van der Waals surface area (Å²) in [6.45, 7) is 2.50. The number of nitrogens with two attached hydrogens (primary N) is 2. The molecule has 0 aromatic rings. The molecule has 17 heavy (non-hydrogen) atoms. The molecule has 1 unspecified atom stereocenters. The van der Waals surface area contributed by atoms with E-state index in [9.17, 15) is 9.59 Å². The van der Waals surface area contributed by atoms with Crippen molar-refractivity contribution < 1.29 is 19.1 Å². The van der Waals surface area contributed by atoms with Crippen LogP contribution in [0.4, 0.5) is 0 Å². The fourth-order valence-corrected chi connectivity index (χ4v) is 1.51. The van der Waals surface area contributed by atoms with E-state index in [1.807, 2.05) is 6.92 Å². The zero-order chi connectivity index (χ0) is 12.9. The molecule has 0 bridgehead atoms. The third-order valence-electron chi connectivity index (χ3n) is 2.72. The molecule has 1 atom stereocenters. The first-order chi connectivity index (χ1) is 7.92. The van der Waals surface area contributed by atoms with Crippen LogP contribution in [0, 0.1) is 5.92 Å². The molecule has 4 N–H and O–H groups in total. The molecular weight excluding hydrogens is 224 g/mol. The average molecular weight is 244 g/mol. The minimum absolute atomic E-state index is 0.113. The first-order valence-corrected chi connectivity index (χ1v) is 5.82. The number of rotatable bonds is 0. The van der Waals surface area contributed by atoms with Gasteiger partial charge in [-0.3, -0.25) is 4.79 Å². The average Bonchev–Trinajstić information content (AvgIpc) is 2.24. The number of hydrogen-bond donors (Lipinski definition) is 2. The van der Waals surface area contributed by atoms with Gasteiger partial charge in [0.1, 0.15) is 0 Å². The quantitative estimate of drug-likeness (QED) is 0.455. The second kappa shape index (κ2) is 5.97. The lowest BCUT2D eigenvalue weighted by Gasteiger charge is -2.24. The summed E-state index contributed by atoms with van der Waals surface area (Å²) < 4.78 is 10.1. The van der Waals surface area contributed by atoms with Gasteiger partial charge in [-0.15, -0.1) is 0 Å². The van der Waals surface area contributed by atoms with Crippen molar-refractivity contribution in [1.29, 1.82) is 0 Å². The summed E-state index contributed by atoms with van der Waals surface area (Å²) in [5.41, 5.74) is 9.77. The van der Waals surface area contributed by atoms with Gasteiger partial charge in [-0.1, -0.05) is 6.92 Å². The number of carbonyl (C=O) groups excluding carboxylic acids is 2. The highest BCUT2D eigenvalue weighted by Gasteiger charge is 2.31. The number of ether oxygens (including phenoxy) is 2. The highest BCUT2D eigenvalue weighted by atomic mass is 16.5. The Balaban J connectivity index is 2.60. The van der Waals surface area contributed by atoms with Crippen LogP contribution in [0.25, 0.3) is 0 Å². The summed E-state index contributed by atoms with van der Waals surface area (Å²) in [6, 6.07) is 0. The molecule has 0 saturated carbocycles. The predicted molar refractivity (Wildman–Crippen MR) is 60.7 cm³/mol. The number of cyclic esters (lactones) is 2. The molecule has 0 aromatic carbocycles. The maximum absolute atomic E-state index is 11.6. The van der Waals surface area contributed by atoms with E-state index in [0.717, 1.165) is 0 Å². The van der Waals surface area contributed by atoms with Crippen LogP contribution < -0.4 is 11.5 Å². The number of hydrogen-bond acceptors (Lipinski definition) is 6. The number of esters is 2. The van der Waals surface area contributed by atoms with Crippen molar-refractivity contribution in [1.82, 2.24) is 0 Å². The van der Waals surface area contributed by atoms with E-state index in [1.54, 1.807) is 0 Å². The Morgan fingerprint density at radius 1 is 1.29 bits per heavy atom. The zero-order valence-corrected chi connectivity index (χ0v) is 10.1. The van der Waals surface area contributed by atoms with Crippen LogP contribution in [0.15, 0.2) is 0 Å². The Kier molecular flexibility index (Phi) is 4.89. The van der Waals surface area contributed by atoms with Crippen LogP contribution in [0.5, 0.6) is 0 Å². The topological polar surface area (TPSA) is 105 Å². The van der Waals surface area contributed by atoms with Gasteiger partial charge in [0, 0.05) is 6.42 Å². The molecule has 6 heteroatoms. The third-order valence-corrected chi connectivity index (χ3v) is 2.72. The maximum atomic E-state index is 11.6. The molecule has 1 fully saturated rings.